The molecule has 0 unspecified atom stereocenters. The molecule has 26 heavy (non-hydrogen) atoms. The van der Waals surface area contributed by atoms with Crippen LogP contribution in [0.5, 0.6) is 0 Å². The number of amides is 2. The first-order valence-electron chi connectivity index (χ1n) is 8.65. The van der Waals surface area contributed by atoms with Crippen LogP contribution in [0.2, 0.25) is 0 Å². The maximum atomic E-state index is 12.6. The van der Waals surface area contributed by atoms with E-state index >= 15 is 0 Å². The van der Waals surface area contributed by atoms with Crippen LogP contribution in [0.25, 0.3) is 11.4 Å². The molecule has 0 spiro atoms. The molecule has 3 heterocycles. The van der Waals surface area contributed by atoms with Gasteiger partial charge in [-0.15, -0.1) is 0 Å². The smallest absolute Gasteiger partial charge is 0.231 e. The highest BCUT2D eigenvalue weighted by atomic mass is 16.5. The number of pyridine rings is 1. The summed E-state index contributed by atoms with van der Waals surface area (Å²) in [5.74, 6) is 0.329. The summed E-state index contributed by atoms with van der Waals surface area (Å²) in [4.78, 5) is 31.5. The van der Waals surface area contributed by atoms with Crippen molar-refractivity contribution in [2.45, 2.75) is 19.4 Å². The number of hydrogen-bond donors (Lipinski definition) is 1. The van der Waals surface area contributed by atoms with Gasteiger partial charge in [-0.25, -0.2) is 0 Å². The summed E-state index contributed by atoms with van der Waals surface area (Å²) < 4.78 is 5.34. The summed E-state index contributed by atoms with van der Waals surface area (Å²) in [7, 11) is 1.76. The third-order valence-electron chi connectivity index (χ3n) is 4.57. The minimum atomic E-state index is -0.332. The molecule has 2 aromatic rings. The van der Waals surface area contributed by atoms with Gasteiger partial charge in [-0.05, 0) is 38.1 Å². The van der Waals surface area contributed by atoms with E-state index < -0.39 is 0 Å². The molecule has 1 aliphatic heterocycles. The molecule has 1 fully saturated rings. The third kappa shape index (κ3) is 4.45. The molecule has 0 saturated carbocycles. The van der Waals surface area contributed by atoms with Crippen LogP contribution in [0.1, 0.15) is 18.6 Å². The van der Waals surface area contributed by atoms with Gasteiger partial charge in [-0.2, -0.15) is 0 Å². The zero-order valence-electron chi connectivity index (χ0n) is 14.8. The number of carbonyl (C=O) groups excluding carboxylic acids is 2. The summed E-state index contributed by atoms with van der Waals surface area (Å²) >= 11 is 0. The van der Waals surface area contributed by atoms with E-state index in [1.165, 1.54) is 0 Å². The van der Waals surface area contributed by atoms with Crippen LogP contribution >= 0.6 is 0 Å². The molecular weight excluding hydrogens is 334 g/mol. The number of carbonyl (C=O) groups is 2. The van der Waals surface area contributed by atoms with Crippen LogP contribution in [0, 0.1) is 5.92 Å². The van der Waals surface area contributed by atoms with Crippen molar-refractivity contribution in [1.82, 2.24) is 19.9 Å². The van der Waals surface area contributed by atoms with E-state index in [2.05, 4.69) is 10.1 Å². The number of nitrogens with zero attached hydrogens (tertiary/aromatic N) is 4. The average molecular weight is 357 g/mol. The molecule has 138 valence electrons. The second kappa shape index (κ2) is 8.09. The molecule has 2 amide bonds. The van der Waals surface area contributed by atoms with Gasteiger partial charge < -0.3 is 15.2 Å². The maximum absolute atomic E-state index is 12.6. The lowest BCUT2D eigenvalue weighted by molar-refractivity contribution is -0.136. The van der Waals surface area contributed by atoms with Crippen LogP contribution in [0.3, 0.4) is 0 Å². The van der Waals surface area contributed by atoms with Gasteiger partial charge in [0.1, 0.15) is 5.69 Å². The number of rotatable bonds is 6. The maximum Gasteiger partial charge on any atom is 0.231 e. The molecule has 8 heteroatoms. The second-order valence-corrected chi connectivity index (χ2v) is 6.60. The van der Waals surface area contributed by atoms with Crippen molar-refractivity contribution in [2.75, 3.05) is 26.7 Å². The quantitative estimate of drug-likeness (QED) is 0.823. The van der Waals surface area contributed by atoms with E-state index in [1.54, 1.807) is 18.1 Å². The zero-order chi connectivity index (χ0) is 18.5. The number of likely N-dealkylation sites (tertiary alicyclic amines) is 1. The van der Waals surface area contributed by atoms with Crippen molar-refractivity contribution >= 4 is 11.8 Å². The molecule has 0 aliphatic carbocycles. The van der Waals surface area contributed by atoms with Gasteiger partial charge >= 0.3 is 0 Å². The topological polar surface area (TPSA) is 106 Å². The van der Waals surface area contributed by atoms with Crippen LogP contribution in [0.4, 0.5) is 0 Å². The SMILES string of the molecule is CN(Cc1cc(-c2ccccn2)no1)C(=O)C1CCN(CC(N)=O)CC1. The lowest BCUT2D eigenvalue weighted by Gasteiger charge is -2.32. The standard InChI is InChI=1S/C18H23N5O3/c1-22(18(25)13-5-8-23(9-6-13)12-17(19)24)11-14-10-16(21-26-14)15-4-2-3-7-20-15/h2-4,7,10,13H,5-6,8-9,11-12H2,1H3,(H2,19,24). The Morgan fingerprint density at radius 2 is 2.08 bits per heavy atom. The summed E-state index contributed by atoms with van der Waals surface area (Å²) in [6.07, 6.45) is 3.15. The molecule has 2 N–H and O–H groups in total. The Morgan fingerprint density at radius 3 is 2.73 bits per heavy atom. The molecule has 0 atom stereocenters. The minimum absolute atomic E-state index is 0.0395. The van der Waals surface area contributed by atoms with Crippen molar-refractivity contribution in [3.05, 3.63) is 36.2 Å². The number of aromatic nitrogens is 2. The Hall–Kier alpha value is -2.74. The fraction of sp³-hybridized carbons (Fsp3) is 0.444. The molecule has 0 radical (unpaired) electrons. The van der Waals surface area contributed by atoms with Gasteiger partial charge in [0.2, 0.25) is 11.8 Å². The largest absolute Gasteiger partial charge is 0.369 e. The average Bonchev–Trinajstić information content (AvgIpc) is 3.10. The second-order valence-electron chi connectivity index (χ2n) is 6.60. The highest BCUT2D eigenvalue weighted by molar-refractivity contribution is 5.79. The number of piperidine rings is 1. The number of primary amides is 1. The fourth-order valence-corrected chi connectivity index (χ4v) is 3.20. The van der Waals surface area contributed by atoms with Gasteiger partial charge in [0, 0.05) is 25.2 Å². The molecular formula is C18H23N5O3. The summed E-state index contributed by atoms with van der Waals surface area (Å²) in [5, 5.41) is 4.02. The Morgan fingerprint density at radius 1 is 1.31 bits per heavy atom. The Labute approximate surface area is 151 Å². The van der Waals surface area contributed by atoms with Gasteiger partial charge in [-0.1, -0.05) is 11.2 Å². The zero-order valence-corrected chi connectivity index (χ0v) is 14.8. The molecule has 1 aliphatic rings. The molecule has 0 aromatic carbocycles. The van der Waals surface area contributed by atoms with Crippen LogP contribution in [-0.2, 0) is 16.1 Å². The van der Waals surface area contributed by atoms with E-state index in [0.717, 1.165) is 18.5 Å². The summed E-state index contributed by atoms with van der Waals surface area (Å²) in [6.45, 7) is 2.03. The Kier molecular flexibility index (Phi) is 5.62. The van der Waals surface area contributed by atoms with E-state index in [0.29, 0.717) is 31.1 Å². The first-order valence-corrected chi connectivity index (χ1v) is 8.65. The molecule has 2 aromatic heterocycles. The Balaban J connectivity index is 1.54. The molecule has 8 nitrogen and oxygen atoms in total. The van der Waals surface area contributed by atoms with E-state index in [4.69, 9.17) is 10.3 Å². The lowest BCUT2D eigenvalue weighted by Crippen LogP contribution is -2.43. The lowest BCUT2D eigenvalue weighted by atomic mass is 9.95. The number of nitrogens with two attached hydrogens (primary N) is 1. The normalized spacial score (nSPS) is 15.7. The Bertz CT molecular complexity index is 753. The van der Waals surface area contributed by atoms with Gasteiger partial charge in [0.05, 0.1) is 18.8 Å². The first-order chi connectivity index (χ1) is 12.5. The van der Waals surface area contributed by atoms with E-state index in [9.17, 15) is 9.59 Å². The first kappa shape index (κ1) is 18.1. The predicted octanol–water partition coefficient (Wildman–Crippen LogP) is 0.892. The molecule has 0 bridgehead atoms. The van der Waals surface area contributed by atoms with Crippen molar-refractivity contribution in [2.24, 2.45) is 11.7 Å². The number of hydrogen-bond acceptors (Lipinski definition) is 6. The highest BCUT2D eigenvalue weighted by Gasteiger charge is 2.28. The van der Waals surface area contributed by atoms with Crippen molar-refractivity contribution in [3.63, 3.8) is 0 Å². The monoisotopic (exact) mass is 357 g/mol. The minimum Gasteiger partial charge on any atom is -0.369 e. The van der Waals surface area contributed by atoms with E-state index in [1.807, 2.05) is 29.2 Å². The van der Waals surface area contributed by atoms with Crippen LogP contribution in [-0.4, -0.2) is 58.4 Å². The molecule has 3 rings (SSSR count). The van der Waals surface area contributed by atoms with Gasteiger partial charge in [0.15, 0.2) is 5.76 Å². The van der Waals surface area contributed by atoms with Crippen molar-refractivity contribution in [1.29, 1.82) is 0 Å². The molecule has 1 saturated heterocycles. The van der Waals surface area contributed by atoms with E-state index in [-0.39, 0.29) is 24.3 Å². The van der Waals surface area contributed by atoms with Crippen molar-refractivity contribution in [3.8, 4) is 11.4 Å². The van der Waals surface area contributed by atoms with Crippen molar-refractivity contribution < 1.29 is 14.1 Å². The highest BCUT2D eigenvalue weighted by Crippen LogP contribution is 2.21. The summed E-state index contributed by atoms with van der Waals surface area (Å²) in [5.41, 5.74) is 6.61. The third-order valence-corrected chi connectivity index (χ3v) is 4.57. The fourth-order valence-electron chi connectivity index (χ4n) is 3.20. The van der Waals surface area contributed by atoms with Crippen LogP contribution in [0.15, 0.2) is 35.0 Å². The summed E-state index contributed by atoms with van der Waals surface area (Å²) in [6, 6.07) is 7.39. The predicted molar refractivity (Wildman–Crippen MR) is 94.6 cm³/mol. The van der Waals surface area contributed by atoms with Gasteiger partial charge in [0.25, 0.3) is 0 Å². The van der Waals surface area contributed by atoms with Gasteiger partial charge in [-0.3, -0.25) is 19.5 Å². The van der Waals surface area contributed by atoms with Crippen LogP contribution < -0.4 is 5.73 Å².